The van der Waals surface area contributed by atoms with E-state index in [1.807, 2.05) is 0 Å². The fraction of sp³-hybridized carbons (Fsp3) is 0.400. The lowest BCUT2D eigenvalue weighted by molar-refractivity contribution is 0.154. The first kappa shape index (κ1) is 8.76. The summed E-state index contributed by atoms with van der Waals surface area (Å²) in [5, 5.41) is 9.75. The maximum absolute atomic E-state index is 12.9. The minimum atomic E-state index is -0.390. The van der Waals surface area contributed by atoms with E-state index in [-0.39, 0.29) is 11.9 Å². The predicted molar refractivity (Wildman–Crippen MR) is 52.3 cm³/mol. The number of aliphatic hydroxyl groups is 1. The van der Waals surface area contributed by atoms with E-state index in [0.29, 0.717) is 11.4 Å². The zero-order chi connectivity index (χ0) is 9.42. The van der Waals surface area contributed by atoms with Crippen LogP contribution in [0.1, 0.15) is 24.5 Å². The summed E-state index contributed by atoms with van der Waals surface area (Å²) in [6, 6.07) is 4.83. The first-order valence-corrected chi connectivity index (χ1v) is 4.62. The molecule has 1 aromatic carbocycles. The molecule has 2 rings (SSSR count). The Morgan fingerprint density at radius 3 is 2.69 bits per heavy atom. The second kappa shape index (κ2) is 3.15. The molecule has 0 amide bonds. The largest absolute Gasteiger partial charge is 0.388 e. The SMILES string of the molecule is Bc1cc(C(O)C2CC2)ccc1F. The Morgan fingerprint density at radius 1 is 1.46 bits per heavy atom. The standard InChI is InChI=1S/C10H12BFO/c11-8-5-7(3-4-9(8)12)10(13)6-1-2-6/h3-6,10,13H,1-2,11H2. The molecule has 1 N–H and O–H groups in total. The average Bonchev–Trinajstić information content (AvgIpc) is 2.91. The van der Waals surface area contributed by atoms with Gasteiger partial charge in [0.15, 0.2) is 0 Å². The normalized spacial score (nSPS) is 18.6. The van der Waals surface area contributed by atoms with Crippen LogP contribution < -0.4 is 5.46 Å². The van der Waals surface area contributed by atoms with E-state index >= 15 is 0 Å². The predicted octanol–water partition coefficient (Wildman–Crippen LogP) is 0.528. The van der Waals surface area contributed by atoms with Gasteiger partial charge in [-0.15, -0.1) is 0 Å². The van der Waals surface area contributed by atoms with Crippen LogP contribution >= 0.6 is 0 Å². The molecule has 0 spiro atoms. The Labute approximate surface area is 78.0 Å². The monoisotopic (exact) mass is 178 g/mol. The second-order valence-corrected chi connectivity index (χ2v) is 3.79. The molecular formula is C10H12BFO. The van der Waals surface area contributed by atoms with E-state index in [1.54, 1.807) is 20.0 Å². The van der Waals surface area contributed by atoms with Gasteiger partial charge >= 0.3 is 0 Å². The van der Waals surface area contributed by atoms with E-state index in [2.05, 4.69) is 0 Å². The van der Waals surface area contributed by atoms with Crippen LogP contribution in [0.5, 0.6) is 0 Å². The molecule has 0 radical (unpaired) electrons. The maximum atomic E-state index is 12.9. The Balaban J connectivity index is 2.24. The first-order valence-electron chi connectivity index (χ1n) is 4.62. The lowest BCUT2D eigenvalue weighted by Gasteiger charge is -2.10. The molecule has 1 saturated carbocycles. The number of benzene rings is 1. The Hall–Kier alpha value is -0.825. The van der Waals surface area contributed by atoms with Crippen molar-refractivity contribution in [3.8, 4) is 0 Å². The van der Waals surface area contributed by atoms with Gasteiger partial charge in [-0.05, 0) is 30.4 Å². The summed E-state index contributed by atoms with van der Waals surface area (Å²) in [7, 11) is 1.72. The van der Waals surface area contributed by atoms with E-state index < -0.39 is 0 Å². The number of aliphatic hydroxyl groups excluding tert-OH is 1. The molecule has 1 atom stereocenters. The topological polar surface area (TPSA) is 20.2 Å². The average molecular weight is 178 g/mol. The molecule has 68 valence electrons. The van der Waals surface area contributed by atoms with E-state index in [1.165, 1.54) is 6.07 Å². The lowest BCUT2D eigenvalue weighted by atomic mass is 9.91. The van der Waals surface area contributed by atoms with Gasteiger partial charge in [-0.2, -0.15) is 0 Å². The smallest absolute Gasteiger partial charge is 0.143 e. The fourth-order valence-corrected chi connectivity index (χ4v) is 1.54. The Morgan fingerprint density at radius 2 is 2.15 bits per heavy atom. The maximum Gasteiger partial charge on any atom is 0.143 e. The summed E-state index contributed by atoms with van der Waals surface area (Å²) in [5.41, 5.74) is 1.46. The van der Waals surface area contributed by atoms with Gasteiger partial charge in [-0.1, -0.05) is 17.6 Å². The minimum Gasteiger partial charge on any atom is -0.388 e. The van der Waals surface area contributed by atoms with Crippen molar-refractivity contribution < 1.29 is 9.50 Å². The molecule has 0 saturated heterocycles. The van der Waals surface area contributed by atoms with E-state index in [4.69, 9.17) is 0 Å². The third kappa shape index (κ3) is 1.75. The highest BCUT2D eigenvalue weighted by molar-refractivity contribution is 6.32. The molecule has 1 aromatic rings. The van der Waals surface area contributed by atoms with Crippen LogP contribution in [0.2, 0.25) is 0 Å². The summed E-state index contributed by atoms with van der Waals surface area (Å²) in [5.74, 6) is 0.205. The summed E-state index contributed by atoms with van der Waals surface area (Å²) >= 11 is 0. The van der Waals surface area contributed by atoms with Crippen molar-refractivity contribution in [2.75, 3.05) is 0 Å². The molecule has 1 aliphatic rings. The Bertz CT molecular complexity index is 323. The van der Waals surface area contributed by atoms with Gasteiger partial charge in [0.05, 0.1) is 6.10 Å². The molecule has 1 nitrogen and oxygen atoms in total. The van der Waals surface area contributed by atoms with Gasteiger partial charge in [-0.3, -0.25) is 0 Å². The van der Waals surface area contributed by atoms with Gasteiger partial charge in [-0.25, -0.2) is 4.39 Å². The first-order chi connectivity index (χ1) is 6.18. The number of halogens is 1. The molecule has 0 heterocycles. The van der Waals surface area contributed by atoms with Crippen LogP contribution in [-0.2, 0) is 0 Å². The van der Waals surface area contributed by atoms with Crippen LogP contribution in [0.15, 0.2) is 18.2 Å². The molecular weight excluding hydrogens is 166 g/mol. The third-order valence-corrected chi connectivity index (χ3v) is 2.59. The van der Waals surface area contributed by atoms with Crippen LogP contribution in [0, 0.1) is 11.7 Å². The quantitative estimate of drug-likeness (QED) is 0.654. The van der Waals surface area contributed by atoms with E-state index in [9.17, 15) is 9.50 Å². The van der Waals surface area contributed by atoms with Crippen molar-refractivity contribution >= 4 is 13.3 Å². The molecule has 3 heteroatoms. The van der Waals surface area contributed by atoms with Crippen LogP contribution in [0.25, 0.3) is 0 Å². The lowest BCUT2D eigenvalue weighted by Crippen LogP contribution is -2.11. The molecule has 0 aromatic heterocycles. The number of hydrogen-bond acceptors (Lipinski definition) is 1. The van der Waals surface area contributed by atoms with Gasteiger partial charge in [0, 0.05) is 0 Å². The van der Waals surface area contributed by atoms with Crippen molar-refractivity contribution in [3.05, 3.63) is 29.6 Å². The van der Waals surface area contributed by atoms with Crippen LogP contribution in [-0.4, -0.2) is 13.0 Å². The fourth-order valence-electron chi connectivity index (χ4n) is 1.54. The zero-order valence-corrected chi connectivity index (χ0v) is 7.63. The second-order valence-electron chi connectivity index (χ2n) is 3.79. The van der Waals surface area contributed by atoms with Crippen LogP contribution in [0.4, 0.5) is 4.39 Å². The zero-order valence-electron chi connectivity index (χ0n) is 7.63. The molecule has 1 aliphatic carbocycles. The number of hydrogen-bond donors (Lipinski definition) is 1. The highest BCUT2D eigenvalue weighted by Crippen LogP contribution is 2.40. The Kier molecular flexibility index (Phi) is 2.12. The van der Waals surface area contributed by atoms with Crippen molar-refractivity contribution in [1.29, 1.82) is 0 Å². The van der Waals surface area contributed by atoms with Gasteiger partial charge in [0.25, 0.3) is 0 Å². The van der Waals surface area contributed by atoms with Gasteiger partial charge in [0.2, 0.25) is 0 Å². The summed E-state index contributed by atoms with van der Waals surface area (Å²) < 4.78 is 12.9. The van der Waals surface area contributed by atoms with E-state index in [0.717, 1.165) is 18.4 Å². The van der Waals surface area contributed by atoms with Gasteiger partial charge < -0.3 is 5.11 Å². The van der Waals surface area contributed by atoms with Gasteiger partial charge in [0.1, 0.15) is 13.7 Å². The highest BCUT2D eigenvalue weighted by atomic mass is 19.1. The summed E-state index contributed by atoms with van der Waals surface area (Å²) in [4.78, 5) is 0. The minimum absolute atomic E-state index is 0.202. The molecule has 13 heavy (non-hydrogen) atoms. The van der Waals surface area contributed by atoms with Crippen molar-refractivity contribution in [2.45, 2.75) is 18.9 Å². The molecule has 1 unspecified atom stereocenters. The highest BCUT2D eigenvalue weighted by Gasteiger charge is 2.30. The summed E-state index contributed by atoms with van der Waals surface area (Å²) in [6.45, 7) is 0. The van der Waals surface area contributed by atoms with Crippen molar-refractivity contribution in [3.63, 3.8) is 0 Å². The van der Waals surface area contributed by atoms with Crippen LogP contribution in [0.3, 0.4) is 0 Å². The third-order valence-electron chi connectivity index (χ3n) is 2.59. The summed E-state index contributed by atoms with van der Waals surface area (Å²) in [6.07, 6.45) is 1.80. The van der Waals surface area contributed by atoms with Crippen molar-refractivity contribution in [2.24, 2.45) is 5.92 Å². The molecule has 1 fully saturated rings. The van der Waals surface area contributed by atoms with Crippen molar-refractivity contribution in [1.82, 2.24) is 0 Å². The molecule has 0 aliphatic heterocycles. The number of rotatable bonds is 2. The molecule has 0 bridgehead atoms.